The fourth-order valence-electron chi connectivity index (χ4n) is 2.58. The van der Waals surface area contributed by atoms with Crippen LogP contribution < -0.4 is 5.32 Å². The molecule has 0 aliphatic heterocycles. The molecule has 1 unspecified atom stereocenters. The molecule has 6 heteroatoms. The summed E-state index contributed by atoms with van der Waals surface area (Å²) in [5.41, 5.74) is 1.32. The smallest absolute Gasteiger partial charge is 0.251 e. The number of amides is 1. The molecule has 1 N–H and O–H groups in total. The number of hydrogen-bond donors (Lipinski definition) is 1. The third-order valence-corrected chi connectivity index (χ3v) is 6.13. The normalized spacial score (nSPS) is 12.8. The van der Waals surface area contributed by atoms with Gasteiger partial charge in [0, 0.05) is 19.2 Å². The molecule has 0 aromatic heterocycles. The largest absolute Gasteiger partial charge is 0.346 e. The highest BCUT2D eigenvalue weighted by atomic mass is 32.2. The number of carbonyl (C=O) groups excluding carboxylic acids is 1. The van der Waals surface area contributed by atoms with Gasteiger partial charge in [-0.15, -0.1) is 0 Å². The van der Waals surface area contributed by atoms with Gasteiger partial charge in [0.25, 0.3) is 5.91 Å². The maximum Gasteiger partial charge on any atom is 0.251 e. The zero-order valence-electron chi connectivity index (χ0n) is 15.5. The zero-order chi connectivity index (χ0) is 19.2. The summed E-state index contributed by atoms with van der Waals surface area (Å²) in [4.78, 5) is 12.7. The van der Waals surface area contributed by atoms with E-state index in [9.17, 15) is 13.2 Å². The molecule has 0 bridgehead atoms. The average molecular weight is 375 g/mol. The topological polar surface area (TPSA) is 66.5 Å². The minimum Gasteiger partial charge on any atom is -0.346 e. The number of hydrogen-bond acceptors (Lipinski definition) is 3. The highest BCUT2D eigenvalue weighted by Gasteiger charge is 2.21. The fraction of sp³-hybridized carbons (Fsp3) is 0.350. The molecule has 26 heavy (non-hydrogen) atoms. The minimum absolute atomic E-state index is 0.135. The molecule has 0 spiro atoms. The summed E-state index contributed by atoms with van der Waals surface area (Å²) >= 11 is 0. The summed E-state index contributed by atoms with van der Waals surface area (Å²) in [5, 5.41) is 2.91. The van der Waals surface area contributed by atoms with Gasteiger partial charge in [-0.05, 0) is 37.1 Å². The van der Waals surface area contributed by atoms with Crippen LogP contribution >= 0.6 is 0 Å². The van der Waals surface area contributed by atoms with Crippen LogP contribution in [0.25, 0.3) is 0 Å². The number of nitrogens with zero attached hydrogens (tertiary/aromatic N) is 1. The molecule has 0 saturated carbocycles. The van der Waals surface area contributed by atoms with Gasteiger partial charge in [0.1, 0.15) is 0 Å². The monoisotopic (exact) mass is 374 g/mol. The Morgan fingerprint density at radius 3 is 2.46 bits per heavy atom. The lowest BCUT2D eigenvalue weighted by molar-refractivity contribution is 0.0939. The number of sulfonamides is 1. The van der Waals surface area contributed by atoms with E-state index in [0.29, 0.717) is 12.1 Å². The highest BCUT2D eigenvalue weighted by molar-refractivity contribution is 7.89. The number of rotatable bonds is 8. The molecule has 2 rings (SSSR count). The van der Waals surface area contributed by atoms with E-state index < -0.39 is 10.0 Å². The lowest BCUT2D eigenvalue weighted by Gasteiger charge is -2.18. The molecule has 2 aromatic carbocycles. The van der Waals surface area contributed by atoms with E-state index in [1.54, 1.807) is 19.2 Å². The standard InChI is InChI=1S/C20H26N2O3S/c1-4-5-14-22(3)26(24,25)19-13-9-12-18(15-19)20(23)21-16(2)17-10-7-6-8-11-17/h6-13,15-16H,4-5,14H2,1-3H3,(H,21,23). The van der Waals surface area contributed by atoms with E-state index in [-0.39, 0.29) is 16.8 Å². The molecule has 0 fully saturated rings. The maximum atomic E-state index is 12.7. The van der Waals surface area contributed by atoms with Crippen molar-refractivity contribution in [2.45, 2.75) is 37.6 Å². The second kappa shape index (κ2) is 8.96. The quantitative estimate of drug-likeness (QED) is 0.768. The van der Waals surface area contributed by atoms with Gasteiger partial charge in [-0.3, -0.25) is 4.79 Å². The first-order valence-electron chi connectivity index (χ1n) is 8.78. The molecular formula is C20H26N2O3S. The zero-order valence-corrected chi connectivity index (χ0v) is 16.3. The van der Waals surface area contributed by atoms with E-state index in [0.717, 1.165) is 18.4 Å². The van der Waals surface area contributed by atoms with Crippen molar-refractivity contribution >= 4 is 15.9 Å². The Bertz CT molecular complexity index is 835. The summed E-state index contributed by atoms with van der Waals surface area (Å²) in [5.74, 6) is -0.297. The predicted molar refractivity (Wildman–Crippen MR) is 103 cm³/mol. The number of unbranched alkanes of at least 4 members (excludes halogenated alkanes) is 1. The van der Waals surface area contributed by atoms with Crippen LogP contribution in [0.2, 0.25) is 0 Å². The summed E-state index contributed by atoms with van der Waals surface area (Å²) in [7, 11) is -2.03. The third kappa shape index (κ3) is 4.93. The lowest BCUT2D eigenvalue weighted by atomic mass is 10.1. The van der Waals surface area contributed by atoms with Crippen molar-refractivity contribution in [3.05, 3.63) is 65.7 Å². The SMILES string of the molecule is CCCCN(C)S(=O)(=O)c1cccc(C(=O)NC(C)c2ccccc2)c1. The van der Waals surface area contributed by atoms with Gasteiger partial charge in [0.05, 0.1) is 10.9 Å². The van der Waals surface area contributed by atoms with E-state index >= 15 is 0 Å². The van der Waals surface area contributed by atoms with Crippen LogP contribution in [0.4, 0.5) is 0 Å². The van der Waals surface area contributed by atoms with E-state index in [1.165, 1.54) is 16.4 Å². The molecule has 140 valence electrons. The van der Waals surface area contributed by atoms with Gasteiger partial charge < -0.3 is 5.32 Å². The summed E-state index contributed by atoms with van der Waals surface area (Å²) in [6, 6.07) is 15.6. The van der Waals surface area contributed by atoms with Crippen LogP contribution in [0.15, 0.2) is 59.5 Å². The second-order valence-electron chi connectivity index (χ2n) is 6.31. The molecule has 1 atom stereocenters. The van der Waals surface area contributed by atoms with E-state index in [4.69, 9.17) is 0 Å². The Kier molecular flexibility index (Phi) is 6.94. The Balaban J connectivity index is 2.16. The van der Waals surface area contributed by atoms with E-state index in [1.807, 2.05) is 44.2 Å². The molecule has 5 nitrogen and oxygen atoms in total. The molecule has 1 amide bonds. The first-order valence-corrected chi connectivity index (χ1v) is 10.2. The Hall–Kier alpha value is -2.18. The summed E-state index contributed by atoms with van der Waals surface area (Å²) in [6.07, 6.45) is 1.71. The molecular weight excluding hydrogens is 348 g/mol. The predicted octanol–water partition coefficient (Wildman–Crippen LogP) is 3.60. The Morgan fingerprint density at radius 1 is 1.12 bits per heavy atom. The van der Waals surface area contributed by atoms with Gasteiger partial charge in [-0.2, -0.15) is 0 Å². The minimum atomic E-state index is -3.59. The van der Waals surface area contributed by atoms with Crippen LogP contribution in [0.5, 0.6) is 0 Å². The van der Waals surface area contributed by atoms with E-state index in [2.05, 4.69) is 5.32 Å². The number of nitrogens with one attached hydrogen (secondary N) is 1. The molecule has 0 heterocycles. The van der Waals surface area contributed by atoms with Gasteiger partial charge in [-0.25, -0.2) is 12.7 Å². The van der Waals surface area contributed by atoms with Crippen LogP contribution in [0.3, 0.4) is 0 Å². The van der Waals surface area contributed by atoms with Gasteiger partial charge in [0.15, 0.2) is 0 Å². The van der Waals surface area contributed by atoms with Crippen LogP contribution in [0, 0.1) is 0 Å². The van der Waals surface area contributed by atoms with Crippen molar-refractivity contribution in [2.24, 2.45) is 0 Å². The highest BCUT2D eigenvalue weighted by Crippen LogP contribution is 2.18. The fourth-order valence-corrected chi connectivity index (χ4v) is 3.84. The summed E-state index contributed by atoms with van der Waals surface area (Å²) < 4.78 is 26.6. The van der Waals surface area contributed by atoms with Crippen molar-refractivity contribution in [3.63, 3.8) is 0 Å². The van der Waals surface area contributed by atoms with Gasteiger partial charge in [0.2, 0.25) is 10.0 Å². The number of carbonyl (C=O) groups is 1. The Labute approximate surface area is 156 Å². The first kappa shape index (κ1) is 20.1. The molecule has 0 aliphatic rings. The second-order valence-corrected chi connectivity index (χ2v) is 8.36. The van der Waals surface area contributed by atoms with Crippen LogP contribution in [-0.2, 0) is 10.0 Å². The summed E-state index contributed by atoms with van der Waals surface area (Å²) in [6.45, 7) is 4.37. The van der Waals surface area contributed by atoms with Crippen molar-refractivity contribution in [3.8, 4) is 0 Å². The average Bonchev–Trinajstić information content (AvgIpc) is 2.66. The number of benzene rings is 2. The third-order valence-electron chi connectivity index (χ3n) is 4.28. The van der Waals surface area contributed by atoms with Crippen molar-refractivity contribution in [1.82, 2.24) is 9.62 Å². The van der Waals surface area contributed by atoms with Gasteiger partial charge in [-0.1, -0.05) is 49.7 Å². The molecule has 0 aliphatic carbocycles. The molecule has 0 radical (unpaired) electrons. The van der Waals surface area contributed by atoms with Crippen molar-refractivity contribution in [2.75, 3.05) is 13.6 Å². The molecule has 2 aromatic rings. The van der Waals surface area contributed by atoms with Crippen molar-refractivity contribution in [1.29, 1.82) is 0 Å². The lowest BCUT2D eigenvalue weighted by Crippen LogP contribution is -2.29. The molecule has 0 saturated heterocycles. The maximum absolute atomic E-state index is 12.7. The van der Waals surface area contributed by atoms with Gasteiger partial charge >= 0.3 is 0 Å². The Morgan fingerprint density at radius 2 is 1.81 bits per heavy atom. The van der Waals surface area contributed by atoms with Crippen LogP contribution in [-0.4, -0.2) is 32.2 Å². The first-order chi connectivity index (χ1) is 12.4. The van der Waals surface area contributed by atoms with Crippen molar-refractivity contribution < 1.29 is 13.2 Å². The van der Waals surface area contributed by atoms with Crippen LogP contribution in [0.1, 0.15) is 48.7 Å².